The van der Waals surface area contributed by atoms with E-state index in [2.05, 4.69) is 0 Å². The molecule has 8 heteroatoms. The molecule has 0 N–H and O–H groups in total. The van der Waals surface area contributed by atoms with Gasteiger partial charge in [-0.05, 0) is 34.5 Å². The minimum Gasteiger partial charge on any atom is -0.456 e. The van der Waals surface area contributed by atoms with Crippen LogP contribution in [-0.2, 0) is 25.7 Å². The van der Waals surface area contributed by atoms with Gasteiger partial charge >= 0.3 is 5.97 Å². The lowest BCUT2D eigenvalue weighted by atomic mass is 10.2. The van der Waals surface area contributed by atoms with Crippen molar-refractivity contribution in [3.8, 4) is 0 Å². The van der Waals surface area contributed by atoms with E-state index in [0.29, 0.717) is 12.3 Å². The molecule has 2 heterocycles. The predicted octanol–water partition coefficient (Wildman–Crippen LogP) is 2.78. The minimum absolute atomic E-state index is 0.0296. The first kappa shape index (κ1) is 19.4. The number of carbonyl (C=O) groups excluding carboxylic acids is 3. The highest BCUT2D eigenvalue weighted by Crippen LogP contribution is 2.34. The van der Waals surface area contributed by atoms with Crippen molar-refractivity contribution in [1.82, 2.24) is 4.90 Å². The van der Waals surface area contributed by atoms with Crippen molar-refractivity contribution >= 4 is 46.6 Å². The highest BCUT2D eigenvalue weighted by atomic mass is 32.2. The Hall–Kier alpha value is -2.32. The van der Waals surface area contributed by atoms with Crippen molar-refractivity contribution in [2.24, 2.45) is 0 Å². The van der Waals surface area contributed by atoms with Gasteiger partial charge in [0, 0.05) is 25.0 Å². The fourth-order valence-electron chi connectivity index (χ4n) is 2.67. The number of rotatable bonds is 7. The summed E-state index contributed by atoms with van der Waals surface area (Å²) in [5, 5.41) is 3.92. The van der Waals surface area contributed by atoms with Gasteiger partial charge in [-0.15, -0.1) is 11.8 Å². The lowest BCUT2D eigenvalue weighted by Gasteiger charge is -2.28. The summed E-state index contributed by atoms with van der Waals surface area (Å²) in [6, 6.07) is 9.57. The first-order chi connectivity index (χ1) is 13.0. The van der Waals surface area contributed by atoms with Gasteiger partial charge in [-0.3, -0.25) is 14.4 Å². The van der Waals surface area contributed by atoms with Crippen LogP contribution in [-0.4, -0.2) is 48.6 Å². The summed E-state index contributed by atoms with van der Waals surface area (Å²) < 4.78 is 5.09. The molecule has 1 aromatic heterocycles. The molecule has 0 spiro atoms. The van der Waals surface area contributed by atoms with Crippen LogP contribution >= 0.6 is 23.1 Å². The Labute approximate surface area is 166 Å². The van der Waals surface area contributed by atoms with Gasteiger partial charge in [-0.25, -0.2) is 0 Å². The number of benzene rings is 1. The predicted molar refractivity (Wildman–Crippen MR) is 106 cm³/mol. The van der Waals surface area contributed by atoms with E-state index in [0.717, 1.165) is 16.1 Å². The second-order valence-corrected chi connectivity index (χ2v) is 7.89. The Morgan fingerprint density at radius 2 is 2.07 bits per heavy atom. The van der Waals surface area contributed by atoms with Crippen LogP contribution in [0.5, 0.6) is 0 Å². The monoisotopic (exact) mass is 404 g/mol. The third-order valence-electron chi connectivity index (χ3n) is 4.13. The van der Waals surface area contributed by atoms with Crippen LogP contribution in [0.4, 0.5) is 5.69 Å². The smallest absolute Gasteiger partial charge is 0.308 e. The molecule has 2 amide bonds. The molecule has 0 radical (unpaired) electrons. The number of hydrogen-bond acceptors (Lipinski definition) is 6. The molecule has 3 rings (SSSR count). The summed E-state index contributed by atoms with van der Waals surface area (Å²) in [4.78, 5) is 40.4. The van der Waals surface area contributed by atoms with Gasteiger partial charge in [-0.2, -0.15) is 11.3 Å². The van der Waals surface area contributed by atoms with Crippen LogP contribution in [0.1, 0.15) is 12.0 Å². The number of esters is 1. The fourth-order valence-corrected chi connectivity index (χ4v) is 4.27. The topological polar surface area (TPSA) is 66.9 Å². The number of carbonyl (C=O) groups is 3. The molecule has 0 atom stereocenters. The first-order valence-electron chi connectivity index (χ1n) is 8.47. The molecule has 0 saturated heterocycles. The zero-order chi connectivity index (χ0) is 19.2. The molecule has 1 aromatic carbocycles. The number of ether oxygens (including phenoxy) is 1. The van der Waals surface area contributed by atoms with Crippen molar-refractivity contribution in [1.29, 1.82) is 0 Å². The molecule has 0 bridgehead atoms. The summed E-state index contributed by atoms with van der Waals surface area (Å²) >= 11 is 3.07. The number of thioether (sulfide) groups is 1. The maximum atomic E-state index is 12.2. The van der Waals surface area contributed by atoms with Crippen LogP contribution in [0.15, 0.2) is 46.0 Å². The SMILES string of the molecule is CN(Cc1ccsc1)C(=O)COC(=O)CCN1C(=O)CSc2ccccc21. The molecule has 2 aromatic rings. The maximum absolute atomic E-state index is 12.2. The second kappa shape index (κ2) is 9.05. The summed E-state index contributed by atoms with van der Waals surface area (Å²) in [6.45, 7) is 0.435. The summed E-state index contributed by atoms with van der Waals surface area (Å²) in [5.74, 6) is -0.419. The van der Waals surface area contributed by atoms with E-state index in [9.17, 15) is 14.4 Å². The van der Waals surface area contributed by atoms with Crippen molar-refractivity contribution in [3.05, 3.63) is 46.7 Å². The lowest BCUT2D eigenvalue weighted by Crippen LogP contribution is -2.37. The van der Waals surface area contributed by atoms with E-state index in [1.165, 1.54) is 16.7 Å². The summed E-state index contributed by atoms with van der Waals surface area (Å²) in [6.07, 6.45) is 0.0479. The highest BCUT2D eigenvalue weighted by molar-refractivity contribution is 8.00. The average Bonchev–Trinajstić information content (AvgIpc) is 3.18. The molecule has 0 saturated carbocycles. The molecule has 142 valence electrons. The number of anilines is 1. The number of thiophene rings is 1. The first-order valence-corrected chi connectivity index (χ1v) is 10.4. The van der Waals surface area contributed by atoms with Gasteiger partial charge in [-0.1, -0.05) is 12.1 Å². The van der Waals surface area contributed by atoms with Gasteiger partial charge in [0.05, 0.1) is 17.9 Å². The van der Waals surface area contributed by atoms with Crippen LogP contribution in [0.2, 0.25) is 0 Å². The van der Waals surface area contributed by atoms with Crippen molar-refractivity contribution in [3.63, 3.8) is 0 Å². The Morgan fingerprint density at radius 1 is 1.26 bits per heavy atom. The summed E-state index contributed by atoms with van der Waals surface area (Å²) in [7, 11) is 1.68. The molecule has 6 nitrogen and oxygen atoms in total. The largest absolute Gasteiger partial charge is 0.456 e. The van der Waals surface area contributed by atoms with Gasteiger partial charge in [0.2, 0.25) is 5.91 Å². The van der Waals surface area contributed by atoms with Gasteiger partial charge in [0.25, 0.3) is 5.91 Å². The van der Waals surface area contributed by atoms with E-state index < -0.39 is 5.97 Å². The van der Waals surface area contributed by atoms with Gasteiger partial charge in [0.1, 0.15) is 0 Å². The van der Waals surface area contributed by atoms with Gasteiger partial charge in [0.15, 0.2) is 6.61 Å². The molecule has 27 heavy (non-hydrogen) atoms. The van der Waals surface area contributed by atoms with E-state index in [4.69, 9.17) is 4.74 Å². The molecule has 0 aliphatic carbocycles. The lowest BCUT2D eigenvalue weighted by molar-refractivity contribution is -0.151. The highest BCUT2D eigenvalue weighted by Gasteiger charge is 2.25. The molecular weight excluding hydrogens is 384 g/mol. The third-order valence-corrected chi connectivity index (χ3v) is 5.91. The maximum Gasteiger partial charge on any atom is 0.308 e. The standard InChI is InChI=1S/C19H20N2O4S2/c1-20(10-14-7-9-26-12-14)17(22)11-25-19(24)6-8-21-15-4-2-3-5-16(15)27-13-18(21)23/h2-5,7,9,12H,6,8,10-11,13H2,1H3. The number of para-hydroxylation sites is 1. The number of hydrogen-bond donors (Lipinski definition) is 0. The molecule has 0 fully saturated rings. The van der Waals surface area contributed by atoms with E-state index in [1.54, 1.807) is 23.3 Å². The molecular formula is C19H20N2O4S2. The fraction of sp³-hybridized carbons (Fsp3) is 0.316. The zero-order valence-electron chi connectivity index (χ0n) is 14.9. The van der Waals surface area contributed by atoms with Crippen LogP contribution in [0.3, 0.4) is 0 Å². The third kappa shape index (κ3) is 5.11. The summed E-state index contributed by atoms with van der Waals surface area (Å²) in [5.41, 5.74) is 1.86. The van der Waals surface area contributed by atoms with Crippen LogP contribution in [0.25, 0.3) is 0 Å². The van der Waals surface area contributed by atoms with Gasteiger partial charge < -0.3 is 14.5 Å². The Morgan fingerprint density at radius 3 is 2.85 bits per heavy atom. The molecule has 1 aliphatic rings. The number of amides is 2. The Bertz CT molecular complexity index is 823. The van der Waals surface area contributed by atoms with Crippen molar-refractivity contribution in [2.45, 2.75) is 17.9 Å². The average molecular weight is 405 g/mol. The van der Waals surface area contributed by atoms with E-state index in [-0.39, 0.29) is 31.4 Å². The van der Waals surface area contributed by atoms with Crippen molar-refractivity contribution < 1.29 is 19.1 Å². The molecule has 1 aliphatic heterocycles. The normalized spacial score (nSPS) is 13.2. The number of likely N-dealkylation sites (N-methyl/N-ethyl adjacent to an activating group) is 1. The van der Waals surface area contributed by atoms with E-state index >= 15 is 0 Å². The zero-order valence-corrected chi connectivity index (χ0v) is 16.6. The number of nitrogens with zero attached hydrogens (tertiary/aromatic N) is 2. The van der Waals surface area contributed by atoms with Crippen LogP contribution < -0.4 is 4.90 Å². The quantitative estimate of drug-likeness (QED) is 0.664. The second-order valence-electron chi connectivity index (χ2n) is 6.09. The Kier molecular flexibility index (Phi) is 6.52. The van der Waals surface area contributed by atoms with E-state index in [1.807, 2.05) is 41.1 Å². The Balaban J connectivity index is 1.46. The minimum atomic E-state index is -0.490. The molecule has 0 unspecified atom stereocenters. The number of fused-ring (bicyclic) bond motifs is 1. The van der Waals surface area contributed by atoms with Crippen molar-refractivity contribution in [2.75, 3.05) is 30.9 Å². The van der Waals surface area contributed by atoms with Crippen LogP contribution in [0, 0.1) is 0 Å².